The second kappa shape index (κ2) is 5.19. The van der Waals surface area contributed by atoms with Gasteiger partial charge in [0.05, 0.1) is 29.0 Å². The molecule has 3 aromatic rings. The van der Waals surface area contributed by atoms with Gasteiger partial charge in [-0.05, 0) is 34.8 Å². The van der Waals surface area contributed by atoms with E-state index in [9.17, 15) is 13.4 Å². The fraction of sp³-hybridized carbons (Fsp3) is 0.133. The second-order valence-corrected chi connectivity index (χ2v) is 7.56. The monoisotopic (exact) mass is 328 g/mol. The molecule has 0 amide bonds. The molecule has 2 N–H and O–H groups in total. The van der Waals surface area contributed by atoms with Gasteiger partial charge in [-0.15, -0.1) is 0 Å². The molecule has 0 saturated carbocycles. The van der Waals surface area contributed by atoms with Crippen LogP contribution < -0.4 is 5.46 Å². The van der Waals surface area contributed by atoms with Crippen molar-refractivity contribution in [1.82, 2.24) is 10.2 Å². The van der Waals surface area contributed by atoms with E-state index in [4.69, 9.17) is 4.65 Å². The van der Waals surface area contributed by atoms with E-state index in [1.165, 1.54) is 0 Å². The Labute approximate surface area is 133 Å². The van der Waals surface area contributed by atoms with Crippen LogP contribution in [-0.4, -0.2) is 30.8 Å². The van der Waals surface area contributed by atoms with Crippen molar-refractivity contribution in [2.45, 2.75) is 17.3 Å². The van der Waals surface area contributed by atoms with E-state index in [-0.39, 0.29) is 10.6 Å². The van der Waals surface area contributed by atoms with Crippen LogP contribution in [0.15, 0.2) is 47.5 Å². The van der Waals surface area contributed by atoms with Gasteiger partial charge in [0.25, 0.3) is 0 Å². The van der Waals surface area contributed by atoms with E-state index in [2.05, 4.69) is 10.2 Å². The maximum absolute atomic E-state index is 12.6. The Kier molecular flexibility index (Phi) is 3.26. The smallest absolute Gasteiger partial charge is 0.423 e. The average Bonchev–Trinajstić information content (AvgIpc) is 3.13. The van der Waals surface area contributed by atoms with E-state index in [0.29, 0.717) is 17.6 Å². The highest BCUT2D eigenvalue weighted by atomic mass is 32.2. The summed E-state index contributed by atoms with van der Waals surface area (Å²) < 4.78 is 30.4. The lowest BCUT2D eigenvalue weighted by molar-refractivity contribution is 0.275. The van der Waals surface area contributed by atoms with Crippen LogP contribution in [0.4, 0.5) is 0 Å². The molecule has 23 heavy (non-hydrogen) atoms. The van der Waals surface area contributed by atoms with Crippen LogP contribution in [-0.2, 0) is 26.9 Å². The number of sulfone groups is 1. The molecule has 116 valence electrons. The maximum Gasteiger partial charge on any atom is 0.491 e. The molecule has 0 spiro atoms. The average molecular weight is 328 g/mol. The number of hydrogen-bond acceptors (Lipinski definition) is 5. The fourth-order valence-corrected chi connectivity index (χ4v) is 4.14. The lowest BCUT2D eigenvalue weighted by atomic mass is 9.79. The molecule has 8 heteroatoms. The molecule has 0 aliphatic carbocycles. The van der Waals surface area contributed by atoms with E-state index >= 15 is 0 Å². The van der Waals surface area contributed by atoms with Crippen molar-refractivity contribution in [3.05, 3.63) is 53.7 Å². The Morgan fingerprint density at radius 2 is 2.13 bits per heavy atom. The molecule has 1 aliphatic rings. The number of fused-ring (bicyclic) bond motifs is 2. The standard InChI is InChI=1S/C15H13BN2O4S/c19-16-14-5-10(1-2-11(14)8-22-16)9-23(20,21)13-3-4-15-12(6-13)7-17-18-15/h1-7,19H,8-9H2,(H,17,18). The number of H-pyrrole nitrogens is 1. The van der Waals surface area contributed by atoms with Crippen LogP contribution in [0, 0.1) is 0 Å². The molecule has 1 aliphatic heterocycles. The molecular weight excluding hydrogens is 315 g/mol. The van der Waals surface area contributed by atoms with Crippen molar-refractivity contribution >= 4 is 33.3 Å². The quantitative estimate of drug-likeness (QED) is 0.693. The van der Waals surface area contributed by atoms with Crippen molar-refractivity contribution in [3.63, 3.8) is 0 Å². The second-order valence-electron chi connectivity index (χ2n) is 5.57. The highest BCUT2D eigenvalue weighted by molar-refractivity contribution is 7.90. The van der Waals surface area contributed by atoms with Crippen molar-refractivity contribution < 1.29 is 18.1 Å². The van der Waals surface area contributed by atoms with Gasteiger partial charge in [-0.25, -0.2) is 8.42 Å². The van der Waals surface area contributed by atoms with Gasteiger partial charge in [0.15, 0.2) is 9.84 Å². The van der Waals surface area contributed by atoms with Crippen LogP contribution in [0.25, 0.3) is 10.9 Å². The minimum atomic E-state index is -3.48. The summed E-state index contributed by atoms with van der Waals surface area (Å²) >= 11 is 0. The van der Waals surface area contributed by atoms with Crippen LogP contribution in [0.5, 0.6) is 0 Å². The molecule has 0 unspecified atom stereocenters. The summed E-state index contributed by atoms with van der Waals surface area (Å²) in [5.74, 6) is -0.129. The zero-order valence-electron chi connectivity index (χ0n) is 12.1. The number of nitrogens with zero attached hydrogens (tertiary/aromatic N) is 1. The summed E-state index contributed by atoms with van der Waals surface area (Å²) in [6.07, 6.45) is 1.59. The van der Waals surface area contributed by atoms with Gasteiger partial charge in [-0.3, -0.25) is 5.10 Å². The predicted molar refractivity (Wildman–Crippen MR) is 85.8 cm³/mol. The fourth-order valence-electron chi connectivity index (χ4n) is 2.77. The van der Waals surface area contributed by atoms with E-state index in [0.717, 1.165) is 16.5 Å². The van der Waals surface area contributed by atoms with Gasteiger partial charge in [0, 0.05) is 5.39 Å². The van der Waals surface area contributed by atoms with Crippen LogP contribution in [0.1, 0.15) is 11.1 Å². The number of benzene rings is 2. The third kappa shape index (κ3) is 2.54. The number of rotatable bonds is 3. The van der Waals surface area contributed by atoms with Gasteiger partial charge in [-0.1, -0.05) is 18.2 Å². The zero-order chi connectivity index (χ0) is 16.0. The molecule has 1 aromatic heterocycles. The lowest BCUT2D eigenvalue weighted by Crippen LogP contribution is -2.28. The zero-order valence-corrected chi connectivity index (χ0v) is 12.9. The Bertz CT molecular complexity index is 1000. The van der Waals surface area contributed by atoms with Gasteiger partial charge in [0.1, 0.15) is 0 Å². The third-order valence-electron chi connectivity index (χ3n) is 4.00. The summed E-state index contributed by atoms with van der Waals surface area (Å²) in [7, 11) is -4.46. The van der Waals surface area contributed by atoms with Crippen molar-refractivity contribution in [1.29, 1.82) is 0 Å². The Hall–Kier alpha value is -2.16. The van der Waals surface area contributed by atoms with Crippen molar-refractivity contribution in [3.8, 4) is 0 Å². The van der Waals surface area contributed by atoms with E-state index in [1.807, 2.05) is 0 Å². The highest BCUT2D eigenvalue weighted by Crippen LogP contribution is 2.21. The molecule has 2 aromatic carbocycles. The highest BCUT2D eigenvalue weighted by Gasteiger charge is 2.28. The van der Waals surface area contributed by atoms with Gasteiger partial charge in [-0.2, -0.15) is 5.10 Å². The van der Waals surface area contributed by atoms with E-state index < -0.39 is 17.0 Å². The maximum atomic E-state index is 12.6. The third-order valence-corrected chi connectivity index (χ3v) is 5.69. The molecule has 0 radical (unpaired) electrons. The number of hydrogen-bond donors (Lipinski definition) is 2. The van der Waals surface area contributed by atoms with E-state index in [1.54, 1.807) is 42.6 Å². The number of nitrogens with one attached hydrogen (secondary N) is 1. The first-order valence-corrected chi connectivity index (χ1v) is 8.75. The van der Waals surface area contributed by atoms with Gasteiger partial charge in [0.2, 0.25) is 0 Å². The molecule has 0 atom stereocenters. The van der Waals surface area contributed by atoms with Crippen molar-refractivity contribution in [2.24, 2.45) is 0 Å². The Balaban J connectivity index is 1.68. The molecule has 6 nitrogen and oxygen atoms in total. The normalized spacial score (nSPS) is 14.4. The molecule has 4 rings (SSSR count). The summed E-state index contributed by atoms with van der Waals surface area (Å²) in [6, 6.07) is 10.1. The topological polar surface area (TPSA) is 92.3 Å². The largest absolute Gasteiger partial charge is 0.491 e. The minimum absolute atomic E-state index is 0.129. The molecule has 0 fully saturated rings. The van der Waals surface area contributed by atoms with Crippen molar-refractivity contribution in [2.75, 3.05) is 0 Å². The Morgan fingerprint density at radius 3 is 3.00 bits per heavy atom. The summed E-state index contributed by atoms with van der Waals surface area (Å²) in [6.45, 7) is 0.348. The van der Waals surface area contributed by atoms with Gasteiger partial charge < -0.3 is 9.68 Å². The molecular formula is C15H13BN2O4S. The number of aromatic amines is 1. The molecule has 0 saturated heterocycles. The first kappa shape index (κ1) is 14.4. The summed E-state index contributed by atoms with van der Waals surface area (Å²) in [5, 5.41) is 17.2. The molecule has 2 heterocycles. The summed E-state index contributed by atoms with van der Waals surface area (Å²) in [5.41, 5.74) is 2.95. The molecule has 0 bridgehead atoms. The minimum Gasteiger partial charge on any atom is -0.423 e. The summed E-state index contributed by atoms with van der Waals surface area (Å²) in [4.78, 5) is 0.253. The van der Waals surface area contributed by atoms with Crippen LogP contribution >= 0.6 is 0 Å². The predicted octanol–water partition coefficient (Wildman–Crippen LogP) is 0.755. The Morgan fingerprint density at radius 1 is 1.26 bits per heavy atom. The first-order chi connectivity index (χ1) is 11.0. The van der Waals surface area contributed by atoms with Crippen LogP contribution in [0.2, 0.25) is 0 Å². The van der Waals surface area contributed by atoms with Gasteiger partial charge >= 0.3 is 7.12 Å². The number of aromatic nitrogens is 2. The first-order valence-electron chi connectivity index (χ1n) is 7.10. The van der Waals surface area contributed by atoms with Crippen LogP contribution in [0.3, 0.4) is 0 Å². The lowest BCUT2D eigenvalue weighted by Gasteiger charge is -2.07. The SMILES string of the molecule is O=S(=O)(Cc1ccc2c(c1)B(O)OC2)c1ccc2[nH]ncc2c1.